The fourth-order valence-corrected chi connectivity index (χ4v) is 8.68. The molecule has 372 valence electrons. The van der Waals surface area contributed by atoms with E-state index in [2.05, 4.69) is 31.3 Å². The molecule has 0 aromatic heterocycles. The van der Waals surface area contributed by atoms with Gasteiger partial charge in [0.15, 0.2) is 6.29 Å². The van der Waals surface area contributed by atoms with E-state index in [9.17, 15) is 30.3 Å². The molecule has 7 unspecified atom stereocenters. The van der Waals surface area contributed by atoms with Crippen LogP contribution in [0.5, 0.6) is 0 Å². The minimum absolute atomic E-state index is 0.179. The van der Waals surface area contributed by atoms with Gasteiger partial charge in [-0.3, -0.25) is 4.79 Å². The summed E-state index contributed by atoms with van der Waals surface area (Å²) in [5, 5.41) is 54.4. The Bertz CT molecular complexity index is 1040. The van der Waals surface area contributed by atoms with E-state index in [1.54, 1.807) is 6.08 Å². The van der Waals surface area contributed by atoms with Gasteiger partial charge >= 0.3 is 0 Å². The topological polar surface area (TPSA) is 149 Å². The average molecular weight is 894 g/mol. The van der Waals surface area contributed by atoms with E-state index < -0.39 is 49.5 Å². The Hall–Kier alpha value is -1.33. The molecule has 1 aliphatic heterocycles. The molecule has 0 radical (unpaired) electrons. The SMILES string of the molecule is CCCCCC/C=C\CCCCCCCCCC(=O)NC(COC1OC(CO)C(O)C(O)C1O)C(O)/C=C/CCCCCCCCCCCCCCCCCCCCCCCCC. The van der Waals surface area contributed by atoms with Crippen LogP contribution in [0, 0.1) is 0 Å². The van der Waals surface area contributed by atoms with E-state index in [0.717, 1.165) is 44.9 Å². The third-order valence-electron chi connectivity index (χ3n) is 13.0. The fourth-order valence-electron chi connectivity index (χ4n) is 8.68. The molecule has 63 heavy (non-hydrogen) atoms. The van der Waals surface area contributed by atoms with Crippen LogP contribution in [0.2, 0.25) is 0 Å². The predicted octanol–water partition coefficient (Wildman–Crippen LogP) is 12.6. The zero-order valence-electron chi connectivity index (χ0n) is 41.1. The number of amides is 1. The molecular formula is C54H103NO8. The first-order valence-electron chi connectivity index (χ1n) is 27.1. The summed E-state index contributed by atoms with van der Waals surface area (Å²) in [6.45, 7) is 3.78. The van der Waals surface area contributed by atoms with Gasteiger partial charge in [0.2, 0.25) is 5.91 Å². The number of carbonyl (C=O) groups excluding carboxylic acids is 1. The Morgan fingerprint density at radius 3 is 1.30 bits per heavy atom. The molecule has 1 amide bonds. The lowest BCUT2D eigenvalue weighted by atomic mass is 9.99. The van der Waals surface area contributed by atoms with Crippen molar-refractivity contribution in [2.24, 2.45) is 0 Å². The molecule has 1 fully saturated rings. The number of ether oxygens (including phenoxy) is 2. The zero-order chi connectivity index (χ0) is 45.9. The standard InChI is InChI=1S/C54H103NO8/c1-3-5-7-9-11-13-15-17-19-20-21-22-23-24-25-26-27-28-30-31-33-35-37-39-41-43-48(57)47(46-62-54-53(61)52(60)51(59)49(45-56)63-54)55-50(58)44-42-40-38-36-34-32-29-18-16-14-12-10-8-6-4-2/h14,16,41,43,47-49,51-54,56-57,59-61H,3-13,15,17-40,42,44-46H2,1-2H3,(H,55,58)/b16-14-,43-41+. The molecule has 0 aromatic rings. The fraction of sp³-hybridized carbons (Fsp3) is 0.907. The highest BCUT2D eigenvalue weighted by Gasteiger charge is 2.44. The van der Waals surface area contributed by atoms with Crippen LogP contribution in [0.15, 0.2) is 24.3 Å². The van der Waals surface area contributed by atoms with Gasteiger partial charge in [-0.25, -0.2) is 0 Å². The van der Waals surface area contributed by atoms with Crippen LogP contribution >= 0.6 is 0 Å². The Kier molecular flexibility index (Phi) is 42.2. The molecule has 0 bridgehead atoms. The van der Waals surface area contributed by atoms with Crippen LogP contribution in [0.1, 0.15) is 258 Å². The second-order valence-corrected chi connectivity index (χ2v) is 19.0. The Morgan fingerprint density at radius 2 is 0.889 bits per heavy atom. The number of carbonyl (C=O) groups is 1. The number of hydrogen-bond donors (Lipinski definition) is 6. The average Bonchev–Trinajstić information content (AvgIpc) is 3.28. The van der Waals surface area contributed by atoms with E-state index in [1.807, 2.05) is 6.08 Å². The first kappa shape index (κ1) is 59.7. The maximum atomic E-state index is 13.0. The molecule has 1 rings (SSSR count). The summed E-state index contributed by atoms with van der Waals surface area (Å²) in [6, 6.07) is -0.805. The summed E-state index contributed by atoms with van der Waals surface area (Å²) in [6.07, 6.45) is 48.1. The monoisotopic (exact) mass is 894 g/mol. The molecule has 1 saturated heterocycles. The summed E-state index contributed by atoms with van der Waals surface area (Å²) in [7, 11) is 0. The molecule has 0 aromatic carbocycles. The Morgan fingerprint density at radius 1 is 0.524 bits per heavy atom. The third kappa shape index (κ3) is 34.6. The Balaban J connectivity index is 2.24. The van der Waals surface area contributed by atoms with Crippen molar-refractivity contribution in [3.8, 4) is 0 Å². The van der Waals surface area contributed by atoms with Gasteiger partial charge in [-0.15, -0.1) is 0 Å². The van der Waals surface area contributed by atoms with Crippen molar-refractivity contribution < 1.29 is 39.8 Å². The minimum atomic E-state index is -1.57. The van der Waals surface area contributed by atoms with Gasteiger partial charge in [0, 0.05) is 6.42 Å². The largest absolute Gasteiger partial charge is 0.394 e. The van der Waals surface area contributed by atoms with Crippen molar-refractivity contribution >= 4 is 5.91 Å². The van der Waals surface area contributed by atoms with E-state index in [4.69, 9.17) is 9.47 Å². The number of rotatable bonds is 46. The highest BCUT2D eigenvalue weighted by atomic mass is 16.7. The van der Waals surface area contributed by atoms with Gasteiger partial charge < -0.3 is 40.3 Å². The van der Waals surface area contributed by atoms with Crippen LogP contribution in [0.25, 0.3) is 0 Å². The van der Waals surface area contributed by atoms with Gasteiger partial charge in [0.1, 0.15) is 24.4 Å². The molecule has 0 aliphatic carbocycles. The van der Waals surface area contributed by atoms with Crippen molar-refractivity contribution in [3.63, 3.8) is 0 Å². The van der Waals surface area contributed by atoms with Gasteiger partial charge in [0.05, 0.1) is 25.4 Å². The van der Waals surface area contributed by atoms with E-state index >= 15 is 0 Å². The van der Waals surface area contributed by atoms with Crippen molar-refractivity contribution in [2.45, 2.75) is 301 Å². The van der Waals surface area contributed by atoms with Crippen LogP contribution in [0.3, 0.4) is 0 Å². The molecule has 1 aliphatic rings. The van der Waals surface area contributed by atoms with Crippen molar-refractivity contribution in [1.29, 1.82) is 0 Å². The molecule has 0 saturated carbocycles. The number of unbranched alkanes of at least 4 members (excludes halogenated alkanes) is 34. The summed E-state index contributed by atoms with van der Waals surface area (Å²) < 4.78 is 11.2. The smallest absolute Gasteiger partial charge is 0.220 e. The summed E-state index contributed by atoms with van der Waals surface area (Å²) in [4.78, 5) is 13.0. The molecule has 0 spiro atoms. The van der Waals surface area contributed by atoms with Crippen molar-refractivity contribution in [3.05, 3.63) is 24.3 Å². The lowest BCUT2D eigenvalue weighted by molar-refractivity contribution is -0.302. The number of allylic oxidation sites excluding steroid dienone is 3. The molecular weight excluding hydrogens is 791 g/mol. The number of nitrogens with one attached hydrogen (secondary N) is 1. The maximum Gasteiger partial charge on any atom is 0.220 e. The first-order valence-corrected chi connectivity index (χ1v) is 27.1. The first-order chi connectivity index (χ1) is 30.8. The second kappa shape index (κ2) is 44.5. The van der Waals surface area contributed by atoms with E-state index in [0.29, 0.717) is 6.42 Å². The quantitative estimate of drug-likeness (QED) is 0.0261. The highest BCUT2D eigenvalue weighted by molar-refractivity contribution is 5.76. The van der Waals surface area contributed by atoms with Gasteiger partial charge in [0.25, 0.3) is 0 Å². The zero-order valence-corrected chi connectivity index (χ0v) is 41.1. The highest BCUT2D eigenvalue weighted by Crippen LogP contribution is 2.23. The predicted molar refractivity (Wildman–Crippen MR) is 263 cm³/mol. The Labute approximate surface area is 388 Å². The van der Waals surface area contributed by atoms with E-state index in [1.165, 1.54) is 193 Å². The maximum absolute atomic E-state index is 13.0. The molecule has 9 heteroatoms. The van der Waals surface area contributed by atoms with Crippen LogP contribution < -0.4 is 5.32 Å². The lowest BCUT2D eigenvalue weighted by Gasteiger charge is -2.40. The van der Waals surface area contributed by atoms with Crippen LogP contribution in [-0.2, 0) is 14.3 Å². The normalized spacial score (nSPS) is 20.3. The number of hydrogen-bond acceptors (Lipinski definition) is 8. The van der Waals surface area contributed by atoms with Gasteiger partial charge in [-0.05, 0) is 44.9 Å². The van der Waals surface area contributed by atoms with Crippen LogP contribution in [0.4, 0.5) is 0 Å². The summed E-state index contributed by atoms with van der Waals surface area (Å²) >= 11 is 0. The summed E-state index contributed by atoms with van der Waals surface area (Å²) in [5.41, 5.74) is 0. The number of aliphatic hydroxyl groups is 5. The molecule has 6 N–H and O–H groups in total. The van der Waals surface area contributed by atoms with Crippen molar-refractivity contribution in [2.75, 3.05) is 13.2 Å². The minimum Gasteiger partial charge on any atom is -0.394 e. The van der Waals surface area contributed by atoms with E-state index in [-0.39, 0.29) is 12.5 Å². The lowest BCUT2D eigenvalue weighted by Crippen LogP contribution is -2.60. The third-order valence-corrected chi connectivity index (χ3v) is 13.0. The molecule has 7 atom stereocenters. The van der Waals surface area contributed by atoms with Gasteiger partial charge in [-0.2, -0.15) is 0 Å². The molecule has 9 nitrogen and oxygen atoms in total. The summed E-state index contributed by atoms with van der Waals surface area (Å²) in [5.74, 6) is -0.179. The number of aliphatic hydroxyl groups excluding tert-OH is 5. The van der Waals surface area contributed by atoms with Gasteiger partial charge in [-0.1, -0.05) is 231 Å². The van der Waals surface area contributed by atoms with Crippen LogP contribution in [-0.4, -0.2) is 87.5 Å². The second-order valence-electron chi connectivity index (χ2n) is 19.0. The molecule has 1 heterocycles. The van der Waals surface area contributed by atoms with Crippen molar-refractivity contribution in [1.82, 2.24) is 5.32 Å².